The van der Waals surface area contributed by atoms with E-state index in [0.717, 1.165) is 0 Å². The van der Waals surface area contributed by atoms with Gasteiger partial charge in [0.15, 0.2) is 11.5 Å². The topological polar surface area (TPSA) is 125 Å². The van der Waals surface area contributed by atoms with Crippen molar-refractivity contribution >= 4 is 16.9 Å². The second-order valence-electron chi connectivity index (χ2n) is 8.52. The highest BCUT2D eigenvalue weighted by atomic mass is 16.6. The molecule has 6 rings (SSSR count). The van der Waals surface area contributed by atoms with Crippen LogP contribution in [0.4, 0.5) is 0 Å². The second kappa shape index (κ2) is 8.23. The molecule has 0 radical (unpaired) electrons. The Morgan fingerprint density at radius 3 is 2.53 bits per heavy atom. The fourth-order valence-corrected chi connectivity index (χ4v) is 4.75. The molecule has 0 saturated carbocycles. The number of phenols is 2. The van der Waals surface area contributed by atoms with Crippen LogP contribution in [-0.4, -0.2) is 36.5 Å². The van der Waals surface area contributed by atoms with Gasteiger partial charge in [-0.3, -0.25) is 9.59 Å². The van der Waals surface area contributed by atoms with Gasteiger partial charge in [-0.05, 0) is 35.4 Å². The lowest BCUT2D eigenvalue weighted by Gasteiger charge is -2.28. The van der Waals surface area contributed by atoms with Crippen molar-refractivity contribution in [1.82, 2.24) is 0 Å². The average molecular weight is 488 g/mol. The van der Waals surface area contributed by atoms with Gasteiger partial charge in [0.2, 0.25) is 11.2 Å². The number of rotatable bonds is 3. The lowest BCUT2D eigenvalue weighted by Crippen LogP contribution is -2.22. The number of esters is 1. The summed E-state index contributed by atoms with van der Waals surface area (Å²) in [6.45, 7) is 0.758. The summed E-state index contributed by atoms with van der Waals surface area (Å²) in [6, 6.07) is 10.8. The maximum absolute atomic E-state index is 13.5. The zero-order valence-electron chi connectivity index (χ0n) is 19.1. The van der Waals surface area contributed by atoms with Gasteiger partial charge in [-0.1, -0.05) is 12.1 Å². The Morgan fingerprint density at radius 2 is 1.75 bits per heavy atom. The third-order valence-corrected chi connectivity index (χ3v) is 6.40. The molecule has 0 amide bonds. The Morgan fingerprint density at radius 1 is 0.972 bits per heavy atom. The van der Waals surface area contributed by atoms with Crippen molar-refractivity contribution in [3.05, 3.63) is 70.1 Å². The molecule has 0 spiro atoms. The van der Waals surface area contributed by atoms with Crippen molar-refractivity contribution in [3.8, 4) is 45.6 Å². The normalized spacial score (nSPS) is 16.4. The summed E-state index contributed by atoms with van der Waals surface area (Å²) in [5.41, 5.74) is 1.51. The highest BCUT2D eigenvalue weighted by Crippen LogP contribution is 2.49. The summed E-state index contributed by atoms with van der Waals surface area (Å²) in [4.78, 5) is 26.0. The van der Waals surface area contributed by atoms with Gasteiger partial charge in [0.25, 0.3) is 0 Å². The average Bonchev–Trinajstić information content (AvgIpc) is 2.88. The molecule has 0 fully saturated rings. The van der Waals surface area contributed by atoms with Crippen LogP contribution in [0.25, 0.3) is 22.1 Å². The second-order valence-corrected chi connectivity index (χ2v) is 8.52. The number of hydrogen-bond acceptors (Lipinski definition) is 9. The van der Waals surface area contributed by atoms with Gasteiger partial charge in [0.1, 0.15) is 47.7 Å². The van der Waals surface area contributed by atoms with Crippen LogP contribution < -0.4 is 24.4 Å². The molecule has 1 aromatic heterocycles. The fourth-order valence-electron chi connectivity index (χ4n) is 4.75. The molecule has 3 heterocycles. The number of carbonyl (C=O) groups is 1. The van der Waals surface area contributed by atoms with Crippen LogP contribution in [0.2, 0.25) is 0 Å². The lowest BCUT2D eigenvalue weighted by molar-refractivity contribution is -0.135. The third kappa shape index (κ3) is 3.39. The van der Waals surface area contributed by atoms with E-state index in [9.17, 15) is 19.8 Å². The van der Waals surface area contributed by atoms with Crippen molar-refractivity contribution in [2.45, 2.75) is 12.3 Å². The molecule has 2 aliphatic rings. The van der Waals surface area contributed by atoms with Crippen molar-refractivity contribution in [1.29, 1.82) is 0 Å². The molecular formula is C27H20O9. The maximum atomic E-state index is 13.5. The van der Waals surface area contributed by atoms with Crippen LogP contribution in [0.5, 0.6) is 34.5 Å². The van der Waals surface area contributed by atoms with Crippen molar-refractivity contribution in [2.24, 2.45) is 0 Å². The first-order valence-electron chi connectivity index (χ1n) is 11.2. The Kier molecular flexibility index (Phi) is 4.99. The van der Waals surface area contributed by atoms with Gasteiger partial charge >= 0.3 is 5.97 Å². The summed E-state index contributed by atoms with van der Waals surface area (Å²) in [5, 5.41) is 20.3. The number of carbonyl (C=O) groups excluding carboxylic acids is 1. The number of benzene rings is 3. The molecule has 182 valence electrons. The molecule has 2 N–H and O–H groups in total. The number of ether oxygens (including phenoxy) is 4. The van der Waals surface area contributed by atoms with Crippen LogP contribution in [0, 0.1) is 0 Å². The van der Waals surface area contributed by atoms with Gasteiger partial charge in [0.05, 0.1) is 19.1 Å². The van der Waals surface area contributed by atoms with E-state index in [-0.39, 0.29) is 40.2 Å². The molecule has 3 aromatic carbocycles. The zero-order chi connectivity index (χ0) is 25.0. The molecule has 36 heavy (non-hydrogen) atoms. The van der Waals surface area contributed by atoms with Crippen molar-refractivity contribution in [2.75, 3.05) is 20.3 Å². The highest BCUT2D eigenvalue weighted by molar-refractivity contribution is 5.94. The summed E-state index contributed by atoms with van der Waals surface area (Å²) in [7, 11) is 1.51. The predicted octanol–water partition coefficient (Wildman–Crippen LogP) is 4.09. The maximum Gasteiger partial charge on any atom is 0.312 e. The Labute approximate surface area is 204 Å². The van der Waals surface area contributed by atoms with E-state index in [1.165, 1.54) is 31.6 Å². The first kappa shape index (κ1) is 21.8. The summed E-state index contributed by atoms with van der Waals surface area (Å²) >= 11 is 0. The molecule has 2 aliphatic heterocycles. The Balaban J connectivity index is 1.58. The van der Waals surface area contributed by atoms with Crippen molar-refractivity contribution < 1.29 is 38.4 Å². The van der Waals surface area contributed by atoms with Gasteiger partial charge < -0.3 is 33.6 Å². The van der Waals surface area contributed by atoms with Gasteiger partial charge in [0, 0.05) is 17.5 Å². The number of fused-ring (bicyclic) bond motifs is 4. The molecule has 9 heteroatoms. The van der Waals surface area contributed by atoms with E-state index in [2.05, 4.69) is 0 Å². The monoisotopic (exact) mass is 488 g/mol. The number of methoxy groups -OCH3 is 1. The Hall–Kier alpha value is -4.66. The quantitative estimate of drug-likeness (QED) is 0.324. The largest absolute Gasteiger partial charge is 0.508 e. The molecule has 9 nitrogen and oxygen atoms in total. The smallest absolute Gasteiger partial charge is 0.312 e. The minimum Gasteiger partial charge on any atom is -0.508 e. The zero-order valence-corrected chi connectivity index (χ0v) is 19.1. The lowest BCUT2D eigenvalue weighted by atomic mass is 9.84. The van der Waals surface area contributed by atoms with Crippen LogP contribution in [0.1, 0.15) is 23.5 Å². The molecule has 0 bridgehead atoms. The number of hydrogen-bond donors (Lipinski definition) is 2. The number of aromatic hydroxyl groups is 2. The van der Waals surface area contributed by atoms with Gasteiger partial charge in [-0.2, -0.15) is 0 Å². The highest BCUT2D eigenvalue weighted by Gasteiger charge is 2.35. The first-order valence-corrected chi connectivity index (χ1v) is 11.2. The Bertz CT molecular complexity index is 1570. The molecule has 0 saturated heterocycles. The van der Waals surface area contributed by atoms with Crippen LogP contribution in [-0.2, 0) is 4.79 Å². The summed E-state index contributed by atoms with van der Waals surface area (Å²) < 4.78 is 28.3. The SMILES string of the molecule is COc1cc([C@@H]2CC(=O)Oc3cc(O)c4c(=O)c(-c5ccc(O)cc5)coc4c32)cc2c1OCCO2. The van der Waals surface area contributed by atoms with E-state index in [1.54, 1.807) is 24.3 Å². The third-order valence-electron chi connectivity index (χ3n) is 6.40. The molecular weight excluding hydrogens is 468 g/mol. The van der Waals surface area contributed by atoms with Crippen LogP contribution >= 0.6 is 0 Å². The minimum atomic E-state index is -0.572. The standard InChI is InChI=1S/C27H20O9/c1-32-20-8-14(9-21-26(20)34-7-6-33-21)16-10-22(30)36-19-11-18(29)24-25(31)17(12-35-27(24)23(16)19)13-2-4-15(28)5-3-13/h2-5,8-9,11-12,16,28-29H,6-7,10H2,1H3/t16-/m0/s1. The molecule has 0 unspecified atom stereocenters. The van der Waals surface area contributed by atoms with E-state index in [0.29, 0.717) is 47.2 Å². The van der Waals surface area contributed by atoms with Crippen molar-refractivity contribution in [3.63, 3.8) is 0 Å². The van der Waals surface area contributed by atoms with Gasteiger partial charge in [-0.15, -0.1) is 0 Å². The summed E-state index contributed by atoms with van der Waals surface area (Å²) in [5.74, 6) is 0.131. The van der Waals surface area contributed by atoms with E-state index in [4.69, 9.17) is 23.4 Å². The molecule has 4 aromatic rings. The van der Waals surface area contributed by atoms with E-state index >= 15 is 0 Å². The van der Waals surface area contributed by atoms with E-state index < -0.39 is 17.3 Å². The predicted molar refractivity (Wildman–Crippen MR) is 127 cm³/mol. The molecule has 0 aliphatic carbocycles. The number of phenolic OH excluding ortho intramolecular Hbond substituents is 2. The van der Waals surface area contributed by atoms with E-state index in [1.807, 2.05) is 0 Å². The van der Waals surface area contributed by atoms with Gasteiger partial charge in [-0.25, -0.2) is 0 Å². The minimum absolute atomic E-state index is 0.0287. The summed E-state index contributed by atoms with van der Waals surface area (Å²) in [6.07, 6.45) is 1.27. The molecule has 1 atom stereocenters. The first-order chi connectivity index (χ1) is 17.4. The van der Waals surface area contributed by atoms with Crippen LogP contribution in [0.3, 0.4) is 0 Å². The van der Waals surface area contributed by atoms with Crippen LogP contribution in [0.15, 0.2) is 57.9 Å². The fraction of sp³-hybridized carbons (Fsp3) is 0.185.